The Bertz CT molecular complexity index is 470. The minimum atomic E-state index is -0.349. The molecule has 1 heterocycles. The van der Waals surface area contributed by atoms with Crippen molar-refractivity contribution in [2.24, 2.45) is 0 Å². The molecule has 5 nitrogen and oxygen atoms in total. The SMILES string of the molecule is COC(=O)CC1C=CN(c2ccccc2)C(=O)N1. The van der Waals surface area contributed by atoms with E-state index in [1.165, 1.54) is 12.0 Å². The molecule has 1 aliphatic heterocycles. The lowest BCUT2D eigenvalue weighted by Gasteiger charge is -2.27. The van der Waals surface area contributed by atoms with Gasteiger partial charge in [0, 0.05) is 6.20 Å². The lowest BCUT2D eigenvalue weighted by Crippen LogP contribution is -2.46. The molecule has 2 amide bonds. The van der Waals surface area contributed by atoms with Crippen LogP contribution in [-0.4, -0.2) is 25.2 Å². The first-order valence-electron chi connectivity index (χ1n) is 5.60. The van der Waals surface area contributed by atoms with Gasteiger partial charge >= 0.3 is 12.0 Å². The number of ether oxygens (including phenoxy) is 1. The van der Waals surface area contributed by atoms with Crippen LogP contribution in [0.15, 0.2) is 42.6 Å². The van der Waals surface area contributed by atoms with E-state index in [9.17, 15) is 9.59 Å². The van der Waals surface area contributed by atoms with Crippen molar-refractivity contribution in [2.45, 2.75) is 12.5 Å². The molecule has 18 heavy (non-hydrogen) atoms. The summed E-state index contributed by atoms with van der Waals surface area (Å²) in [5.74, 6) is -0.349. The number of benzene rings is 1. The molecular formula is C13H14N2O3. The predicted octanol–water partition coefficient (Wildman–Crippen LogP) is 1.66. The molecule has 5 heteroatoms. The van der Waals surface area contributed by atoms with Gasteiger partial charge in [-0.1, -0.05) is 18.2 Å². The lowest BCUT2D eigenvalue weighted by molar-refractivity contribution is -0.140. The van der Waals surface area contributed by atoms with Gasteiger partial charge in [-0.2, -0.15) is 0 Å². The summed E-state index contributed by atoms with van der Waals surface area (Å²) in [6.07, 6.45) is 3.58. The van der Waals surface area contributed by atoms with Crippen LogP contribution in [0, 0.1) is 0 Å². The van der Waals surface area contributed by atoms with E-state index in [1.54, 1.807) is 12.3 Å². The third kappa shape index (κ3) is 2.68. The Morgan fingerprint density at radius 2 is 2.11 bits per heavy atom. The van der Waals surface area contributed by atoms with E-state index in [-0.39, 0.29) is 24.5 Å². The second-order valence-electron chi connectivity index (χ2n) is 3.88. The van der Waals surface area contributed by atoms with Gasteiger partial charge in [-0.25, -0.2) is 4.79 Å². The van der Waals surface area contributed by atoms with Crippen LogP contribution in [0.25, 0.3) is 0 Å². The zero-order valence-electron chi connectivity index (χ0n) is 10.00. The van der Waals surface area contributed by atoms with Crippen LogP contribution in [0.4, 0.5) is 10.5 Å². The average Bonchev–Trinajstić information content (AvgIpc) is 2.40. The minimum Gasteiger partial charge on any atom is -0.469 e. The highest BCUT2D eigenvalue weighted by atomic mass is 16.5. The molecule has 94 valence electrons. The number of methoxy groups -OCH3 is 1. The standard InChI is InChI=1S/C13H14N2O3/c1-18-12(16)9-10-7-8-15(13(17)14-10)11-5-3-2-4-6-11/h2-8,10H,9H2,1H3,(H,14,17). The van der Waals surface area contributed by atoms with E-state index in [1.807, 2.05) is 30.3 Å². The van der Waals surface area contributed by atoms with E-state index in [2.05, 4.69) is 10.1 Å². The Morgan fingerprint density at radius 1 is 1.39 bits per heavy atom. The molecule has 1 aromatic rings. The smallest absolute Gasteiger partial charge is 0.326 e. The third-order valence-electron chi connectivity index (χ3n) is 2.64. The molecule has 0 spiro atoms. The van der Waals surface area contributed by atoms with Gasteiger partial charge in [0.15, 0.2) is 0 Å². The summed E-state index contributed by atoms with van der Waals surface area (Å²) in [4.78, 5) is 24.5. The van der Waals surface area contributed by atoms with Crippen LogP contribution in [0.1, 0.15) is 6.42 Å². The van der Waals surface area contributed by atoms with Crippen LogP contribution in [0.3, 0.4) is 0 Å². The summed E-state index contributed by atoms with van der Waals surface area (Å²) in [5.41, 5.74) is 0.780. The molecule has 1 aromatic carbocycles. The van der Waals surface area contributed by atoms with E-state index in [0.717, 1.165) is 5.69 Å². The summed E-state index contributed by atoms with van der Waals surface area (Å²) >= 11 is 0. The maximum Gasteiger partial charge on any atom is 0.326 e. The van der Waals surface area contributed by atoms with Crippen molar-refractivity contribution in [3.8, 4) is 0 Å². The van der Waals surface area contributed by atoms with Gasteiger partial charge in [0.25, 0.3) is 0 Å². The fourth-order valence-corrected chi connectivity index (χ4v) is 1.71. The van der Waals surface area contributed by atoms with Gasteiger partial charge in [0.05, 0.1) is 25.3 Å². The average molecular weight is 246 g/mol. The number of hydrogen-bond acceptors (Lipinski definition) is 3. The minimum absolute atomic E-state index is 0.140. The van der Waals surface area contributed by atoms with Crippen molar-refractivity contribution in [1.29, 1.82) is 0 Å². The molecular weight excluding hydrogens is 232 g/mol. The quantitative estimate of drug-likeness (QED) is 0.825. The lowest BCUT2D eigenvalue weighted by atomic mass is 10.1. The molecule has 1 atom stereocenters. The highest BCUT2D eigenvalue weighted by Gasteiger charge is 2.23. The fourth-order valence-electron chi connectivity index (χ4n) is 1.71. The molecule has 0 fully saturated rings. The molecule has 2 rings (SSSR count). The van der Waals surface area contributed by atoms with Crippen LogP contribution < -0.4 is 10.2 Å². The number of carbonyl (C=O) groups excluding carboxylic acids is 2. The summed E-state index contributed by atoms with van der Waals surface area (Å²) in [7, 11) is 1.33. The van der Waals surface area contributed by atoms with Crippen LogP contribution in [0.2, 0.25) is 0 Å². The molecule has 1 aliphatic rings. The zero-order valence-corrected chi connectivity index (χ0v) is 10.00. The van der Waals surface area contributed by atoms with E-state index >= 15 is 0 Å². The number of anilines is 1. The molecule has 0 radical (unpaired) electrons. The molecule has 0 bridgehead atoms. The number of nitrogens with one attached hydrogen (secondary N) is 1. The summed E-state index contributed by atoms with van der Waals surface area (Å²) in [5, 5.41) is 2.73. The maximum atomic E-state index is 11.9. The van der Waals surface area contributed by atoms with Crippen molar-refractivity contribution < 1.29 is 14.3 Å². The highest BCUT2D eigenvalue weighted by Crippen LogP contribution is 2.17. The number of carbonyl (C=O) groups is 2. The number of urea groups is 1. The Hall–Kier alpha value is -2.30. The summed E-state index contributed by atoms with van der Waals surface area (Å²) in [6, 6.07) is 8.71. The maximum absolute atomic E-state index is 11.9. The number of para-hydroxylation sites is 1. The number of hydrogen-bond donors (Lipinski definition) is 1. The van der Waals surface area contributed by atoms with Crippen molar-refractivity contribution in [3.05, 3.63) is 42.6 Å². The van der Waals surface area contributed by atoms with Gasteiger partial charge in [0.1, 0.15) is 0 Å². The number of esters is 1. The summed E-state index contributed by atoms with van der Waals surface area (Å²) < 4.78 is 4.56. The Kier molecular flexibility index (Phi) is 3.62. The monoisotopic (exact) mass is 246 g/mol. The van der Waals surface area contributed by atoms with E-state index in [0.29, 0.717) is 0 Å². The first kappa shape index (κ1) is 12.2. The third-order valence-corrected chi connectivity index (χ3v) is 2.64. The van der Waals surface area contributed by atoms with Gasteiger partial charge in [0.2, 0.25) is 0 Å². The molecule has 0 saturated carbocycles. The Balaban J connectivity index is 2.08. The van der Waals surface area contributed by atoms with Gasteiger partial charge < -0.3 is 10.1 Å². The molecule has 1 unspecified atom stereocenters. The van der Waals surface area contributed by atoms with Crippen LogP contribution in [0.5, 0.6) is 0 Å². The largest absolute Gasteiger partial charge is 0.469 e. The Labute approximate surface area is 105 Å². The van der Waals surface area contributed by atoms with Gasteiger partial charge in [-0.15, -0.1) is 0 Å². The number of amides is 2. The van der Waals surface area contributed by atoms with Crippen molar-refractivity contribution in [1.82, 2.24) is 5.32 Å². The fraction of sp³-hybridized carbons (Fsp3) is 0.231. The normalized spacial score (nSPS) is 18.4. The molecule has 0 aliphatic carbocycles. The van der Waals surface area contributed by atoms with Crippen molar-refractivity contribution >= 4 is 17.7 Å². The second-order valence-corrected chi connectivity index (χ2v) is 3.88. The summed E-state index contributed by atoms with van der Waals surface area (Å²) in [6.45, 7) is 0. The number of rotatable bonds is 3. The topological polar surface area (TPSA) is 58.6 Å². The van der Waals surface area contributed by atoms with Gasteiger partial charge in [-0.3, -0.25) is 9.69 Å². The molecule has 0 saturated heterocycles. The van der Waals surface area contributed by atoms with Crippen molar-refractivity contribution in [3.63, 3.8) is 0 Å². The molecule has 1 N–H and O–H groups in total. The predicted molar refractivity (Wildman–Crippen MR) is 67.0 cm³/mol. The molecule has 0 aromatic heterocycles. The van der Waals surface area contributed by atoms with E-state index < -0.39 is 0 Å². The zero-order chi connectivity index (χ0) is 13.0. The second kappa shape index (κ2) is 5.35. The Morgan fingerprint density at radius 3 is 2.72 bits per heavy atom. The number of nitrogens with zero attached hydrogens (tertiary/aromatic N) is 1. The van der Waals surface area contributed by atoms with Gasteiger partial charge in [-0.05, 0) is 18.2 Å². The van der Waals surface area contributed by atoms with Crippen molar-refractivity contribution in [2.75, 3.05) is 12.0 Å². The van der Waals surface area contributed by atoms with Crippen LogP contribution in [-0.2, 0) is 9.53 Å². The van der Waals surface area contributed by atoms with E-state index in [4.69, 9.17) is 0 Å². The van der Waals surface area contributed by atoms with Crippen LogP contribution >= 0.6 is 0 Å². The highest BCUT2D eigenvalue weighted by molar-refractivity contribution is 5.95. The first-order valence-corrected chi connectivity index (χ1v) is 5.60. The first-order chi connectivity index (χ1) is 8.70.